The van der Waals surface area contributed by atoms with Gasteiger partial charge in [-0.25, -0.2) is 0 Å². The van der Waals surface area contributed by atoms with E-state index in [0.717, 1.165) is 0 Å². The molecule has 2 nitrogen and oxygen atoms in total. The minimum Gasteiger partial charge on any atom is -0.293 e. The van der Waals surface area contributed by atoms with E-state index in [1.165, 1.54) is 11.1 Å². The Labute approximate surface area is 159 Å². The number of nitrogens with zero attached hydrogens (tertiary/aromatic N) is 1. The zero-order valence-corrected chi connectivity index (χ0v) is 15.9. The molecular formula is C21H28LiNO. The molecule has 3 heteroatoms. The second kappa shape index (κ2) is 10.1. The summed E-state index contributed by atoms with van der Waals surface area (Å²) in [6.45, 7) is 11.0. The van der Waals surface area contributed by atoms with E-state index in [1.807, 2.05) is 12.1 Å². The Morgan fingerprint density at radius 1 is 0.833 bits per heavy atom. The van der Waals surface area contributed by atoms with Crippen molar-refractivity contribution in [3.05, 3.63) is 71.8 Å². The predicted octanol–water partition coefficient (Wildman–Crippen LogP) is 2.59. The van der Waals surface area contributed by atoms with Gasteiger partial charge >= 0.3 is 18.9 Å². The van der Waals surface area contributed by atoms with Crippen molar-refractivity contribution in [3.63, 3.8) is 0 Å². The van der Waals surface area contributed by atoms with Crippen molar-refractivity contribution in [1.82, 2.24) is 5.06 Å². The Balaban J connectivity index is 0.00000288. The smallest absolute Gasteiger partial charge is 0.293 e. The Morgan fingerprint density at radius 3 is 1.92 bits per heavy atom. The molecule has 2 aromatic rings. The summed E-state index contributed by atoms with van der Waals surface area (Å²) in [6, 6.07) is 22.2. The van der Waals surface area contributed by atoms with E-state index in [-0.39, 0.29) is 31.0 Å². The first-order chi connectivity index (χ1) is 11.0. The molecule has 0 saturated heterocycles. The molecule has 0 aromatic heterocycles. The molecule has 0 heterocycles. The van der Waals surface area contributed by atoms with Crippen LogP contribution in [-0.4, -0.2) is 11.1 Å². The third-order valence-electron chi connectivity index (χ3n) is 4.05. The molecule has 0 aliphatic heterocycles. The summed E-state index contributed by atoms with van der Waals surface area (Å²) in [5.41, 5.74) is 2.47. The molecule has 0 fully saturated rings. The van der Waals surface area contributed by atoms with Gasteiger partial charge in [-0.05, 0) is 32.3 Å². The largest absolute Gasteiger partial charge is 1.00 e. The minimum absolute atomic E-state index is 0. The van der Waals surface area contributed by atoms with E-state index in [4.69, 9.17) is 4.84 Å². The first-order valence-electron chi connectivity index (χ1n) is 8.46. The van der Waals surface area contributed by atoms with Crippen LogP contribution in [0.5, 0.6) is 0 Å². The SMILES string of the molecule is CC(ON(C(C)C)C(c1ccccc1)C(C)C)c1cc[c-]cc1.[Li+]. The van der Waals surface area contributed by atoms with Crippen LogP contribution in [0.3, 0.4) is 0 Å². The third kappa shape index (κ3) is 5.50. The van der Waals surface area contributed by atoms with Crippen molar-refractivity contribution in [2.45, 2.75) is 52.8 Å². The van der Waals surface area contributed by atoms with Crippen LogP contribution in [0.25, 0.3) is 0 Å². The Kier molecular flexibility index (Phi) is 8.81. The monoisotopic (exact) mass is 317 g/mol. The van der Waals surface area contributed by atoms with Gasteiger partial charge in [0.05, 0.1) is 12.1 Å². The second-order valence-electron chi connectivity index (χ2n) is 6.63. The van der Waals surface area contributed by atoms with Gasteiger partial charge in [-0.1, -0.05) is 44.2 Å². The minimum atomic E-state index is 0. The zero-order valence-electron chi connectivity index (χ0n) is 15.9. The summed E-state index contributed by atoms with van der Waals surface area (Å²) < 4.78 is 0. The van der Waals surface area contributed by atoms with Crippen molar-refractivity contribution in [3.8, 4) is 0 Å². The van der Waals surface area contributed by atoms with Crippen LogP contribution in [0.2, 0.25) is 0 Å². The number of rotatable bonds is 7. The number of hydrogen-bond acceptors (Lipinski definition) is 2. The van der Waals surface area contributed by atoms with Crippen molar-refractivity contribution < 1.29 is 23.7 Å². The van der Waals surface area contributed by atoms with Crippen LogP contribution in [0.1, 0.15) is 57.9 Å². The van der Waals surface area contributed by atoms with Crippen LogP contribution in [-0.2, 0) is 4.84 Å². The first-order valence-corrected chi connectivity index (χ1v) is 8.46. The second-order valence-corrected chi connectivity index (χ2v) is 6.63. The molecule has 0 bridgehead atoms. The molecule has 0 aliphatic carbocycles. The topological polar surface area (TPSA) is 12.5 Å². The Bertz CT molecular complexity index is 571. The summed E-state index contributed by atoms with van der Waals surface area (Å²) >= 11 is 0. The van der Waals surface area contributed by atoms with E-state index in [0.29, 0.717) is 12.0 Å². The number of benzene rings is 2. The fourth-order valence-electron chi connectivity index (χ4n) is 2.90. The van der Waals surface area contributed by atoms with E-state index < -0.39 is 0 Å². The van der Waals surface area contributed by atoms with Gasteiger partial charge in [-0.3, -0.25) is 4.84 Å². The third-order valence-corrected chi connectivity index (χ3v) is 4.05. The molecule has 2 aromatic carbocycles. The van der Waals surface area contributed by atoms with E-state index >= 15 is 0 Å². The zero-order chi connectivity index (χ0) is 16.8. The molecule has 2 unspecified atom stereocenters. The van der Waals surface area contributed by atoms with Gasteiger partial charge in [0.1, 0.15) is 0 Å². The van der Waals surface area contributed by atoms with E-state index in [9.17, 15) is 0 Å². The van der Waals surface area contributed by atoms with Crippen LogP contribution < -0.4 is 18.9 Å². The predicted molar refractivity (Wildman–Crippen MR) is 95.8 cm³/mol. The van der Waals surface area contributed by atoms with Crippen molar-refractivity contribution in [1.29, 1.82) is 0 Å². The van der Waals surface area contributed by atoms with E-state index in [1.54, 1.807) is 0 Å². The quantitative estimate of drug-likeness (QED) is 0.442. The van der Waals surface area contributed by atoms with Crippen molar-refractivity contribution in [2.75, 3.05) is 0 Å². The maximum absolute atomic E-state index is 6.40. The normalized spacial score (nSPS) is 13.8. The van der Waals surface area contributed by atoms with Gasteiger partial charge < -0.3 is 0 Å². The van der Waals surface area contributed by atoms with Gasteiger partial charge in [0, 0.05) is 6.04 Å². The number of hydrogen-bond donors (Lipinski definition) is 0. The fourth-order valence-corrected chi connectivity index (χ4v) is 2.90. The summed E-state index contributed by atoms with van der Waals surface area (Å²) in [5, 5.41) is 2.15. The van der Waals surface area contributed by atoms with E-state index in [2.05, 4.69) is 88.2 Å². The molecular weight excluding hydrogens is 289 g/mol. The van der Waals surface area contributed by atoms with Gasteiger partial charge in [0.25, 0.3) is 0 Å². The number of hydroxylamine groups is 2. The molecule has 24 heavy (non-hydrogen) atoms. The summed E-state index contributed by atoms with van der Waals surface area (Å²) in [4.78, 5) is 6.40. The van der Waals surface area contributed by atoms with Crippen LogP contribution in [0.15, 0.2) is 54.6 Å². The van der Waals surface area contributed by atoms with Crippen LogP contribution >= 0.6 is 0 Å². The van der Waals surface area contributed by atoms with Gasteiger partial charge in [-0.2, -0.15) is 35.4 Å². The van der Waals surface area contributed by atoms with Gasteiger partial charge in [-0.15, -0.1) is 5.56 Å². The van der Waals surface area contributed by atoms with Gasteiger partial charge in [0.15, 0.2) is 0 Å². The Morgan fingerprint density at radius 2 is 1.42 bits per heavy atom. The molecule has 0 N–H and O–H groups in total. The molecule has 0 saturated carbocycles. The molecule has 0 radical (unpaired) electrons. The molecule has 0 aliphatic rings. The van der Waals surface area contributed by atoms with Crippen molar-refractivity contribution >= 4 is 0 Å². The molecule has 0 spiro atoms. The fraction of sp³-hybridized carbons (Fsp3) is 0.429. The van der Waals surface area contributed by atoms with Crippen LogP contribution in [0.4, 0.5) is 0 Å². The molecule has 2 rings (SSSR count). The standard InChI is InChI=1S/C21H28NO.Li/c1-16(2)21(20-14-10-7-11-15-20)22(17(3)4)23-18(5)19-12-8-6-9-13-19;/h7-18,21H,1-5H3;/q-1;+1. The van der Waals surface area contributed by atoms with Gasteiger partial charge in [0.2, 0.25) is 0 Å². The van der Waals surface area contributed by atoms with Crippen LogP contribution in [0, 0.1) is 12.0 Å². The summed E-state index contributed by atoms with van der Waals surface area (Å²) in [5.74, 6) is 0.455. The summed E-state index contributed by atoms with van der Waals surface area (Å²) in [6.07, 6.45) is 0.0111. The average molecular weight is 317 g/mol. The summed E-state index contributed by atoms with van der Waals surface area (Å²) in [7, 11) is 0. The maximum Gasteiger partial charge on any atom is 1.00 e. The average Bonchev–Trinajstić information content (AvgIpc) is 2.55. The maximum atomic E-state index is 6.40. The molecule has 2 atom stereocenters. The van der Waals surface area contributed by atoms with Crippen molar-refractivity contribution in [2.24, 2.45) is 5.92 Å². The Hall–Kier alpha value is -1.04. The molecule has 0 amide bonds. The first kappa shape index (κ1) is 21.0. The molecule has 124 valence electrons.